The zero-order chi connectivity index (χ0) is 10.4. The first kappa shape index (κ1) is 11.2. The molecule has 1 aromatic rings. The molecule has 0 unspecified atom stereocenters. The van der Waals surface area contributed by atoms with E-state index in [2.05, 4.69) is 37.9 Å². The Labute approximate surface area is 87.6 Å². The van der Waals surface area contributed by atoms with Crippen molar-refractivity contribution in [2.45, 2.75) is 51.9 Å². The monoisotopic (exact) mass is 191 g/mol. The lowest BCUT2D eigenvalue weighted by Crippen LogP contribution is -2.21. The summed E-state index contributed by atoms with van der Waals surface area (Å²) in [6.07, 6.45) is 8.84. The molecule has 0 saturated carbocycles. The van der Waals surface area contributed by atoms with Crippen molar-refractivity contribution >= 4 is 0 Å². The van der Waals surface area contributed by atoms with Crippen molar-refractivity contribution in [3.63, 3.8) is 0 Å². The van der Waals surface area contributed by atoms with Gasteiger partial charge < -0.3 is 0 Å². The lowest BCUT2D eigenvalue weighted by atomic mass is 9.76. The van der Waals surface area contributed by atoms with Gasteiger partial charge in [-0.1, -0.05) is 33.6 Å². The molecule has 0 saturated heterocycles. The Bertz CT molecular complexity index is 247. The predicted octanol–water partition coefficient (Wildman–Crippen LogP) is 3.94. The van der Waals surface area contributed by atoms with Gasteiger partial charge in [-0.15, -0.1) is 0 Å². The zero-order valence-corrected chi connectivity index (χ0v) is 9.59. The third-order valence-electron chi connectivity index (χ3n) is 2.98. The minimum Gasteiger partial charge on any atom is -0.265 e. The average Bonchev–Trinajstić information content (AvgIpc) is 2.20. The van der Waals surface area contributed by atoms with Crippen molar-refractivity contribution in [1.29, 1.82) is 0 Å². The Hall–Kier alpha value is -0.850. The van der Waals surface area contributed by atoms with Gasteiger partial charge in [-0.3, -0.25) is 4.98 Å². The van der Waals surface area contributed by atoms with E-state index in [0.717, 1.165) is 0 Å². The highest BCUT2D eigenvalue weighted by atomic mass is 14.6. The number of pyridine rings is 1. The Morgan fingerprint density at radius 3 is 2.00 bits per heavy atom. The minimum atomic E-state index is 0.354. The van der Waals surface area contributed by atoms with Gasteiger partial charge >= 0.3 is 0 Å². The van der Waals surface area contributed by atoms with Crippen molar-refractivity contribution in [2.75, 3.05) is 0 Å². The maximum absolute atomic E-state index is 4.08. The largest absolute Gasteiger partial charge is 0.265 e. The van der Waals surface area contributed by atoms with E-state index in [1.807, 2.05) is 12.4 Å². The topological polar surface area (TPSA) is 12.9 Å². The van der Waals surface area contributed by atoms with Crippen LogP contribution in [0.2, 0.25) is 0 Å². The average molecular weight is 191 g/mol. The van der Waals surface area contributed by atoms with Crippen LogP contribution in [0.4, 0.5) is 0 Å². The van der Waals surface area contributed by atoms with Crippen molar-refractivity contribution < 1.29 is 0 Å². The van der Waals surface area contributed by atoms with Gasteiger partial charge in [-0.05, 0) is 36.0 Å². The van der Waals surface area contributed by atoms with Crippen LogP contribution in [0.5, 0.6) is 0 Å². The van der Waals surface area contributed by atoms with Crippen molar-refractivity contribution in [3.8, 4) is 0 Å². The van der Waals surface area contributed by atoms with Gasteiger partial charge in [0.05, 0.1) is 0 Å². The molecule has 0 aromatic carbocycles. The van der Waals surface area contributed by atoms with Crippen LogP contribution >= 0.6 is 0 Å². The van der Waals surface area contributed by atoms with Gasteiger partial charge in [0.1, 0.15) is 0 Å². The lowest BCUT2D eigenvalue weighted by molar-refractivity contribution is 0.391. The fourth-order valence-electron chi connectivity index (χ4n) is 2.27. The van der Waals surface area contributed by atoms with E-state index in [4.69, 9.17) is 0 Å². The SMILES string of the molecule is CCCC(C)(CCC)c1ccncc1. The number of hydrogen-bond acceptors (Lipinski definition) is 1. The number of rotatable bonds is 5. The Morgan fingerprint density at radius 1 is 1.07 bits per heavy atom. The standard InChI is InChI=1S/C13H21N/c1-4-8-13(3,9-5-2)12-6-10-14-11-7-12/h6-7,10-11H,4-5,8-9H2,1-3H3. The van der Waals surface area contributed by atoms with Gasteiger partial charge in [0, 0.05) is 12.4 Å². The van der Waals surface area contributed by atoms with E-state index in [1.54, 1.807) is 0 Å². The van der Waals surface area contributed by atoms with Gasteiger partial charge in [0.15, 0.2) is 0 Å². The normalized spacial score (nSPS) is 11.6. The van der Waals surface area contributed by atoms with Crippen LogP contribution < -0.4 is 0 Å². The smallest absolute Gasteiger partial charge is 0.0270 e. The molecule has 1 nitrogen and oxygen atoms in total. The highest BCUT2D eigenvalue weighted by Gasteiger charge is 2.23. The zero-order valence-electron chi connectivity index (χ0n) is 9.59. The van der Waals surface area contributed by atoms with Crippen LogP contribution in [0.3, 0.4) is 0 Å². The molecule has 1 heterocycles. The molecule has 0 N–H and O–H groups in total. The first-order chi connectivity index (χ1) is 6.73. The molecule has 0 spiro atoms. The second kappa shape index (κ2) is 5.14. The molecule has 0 aliphatic heterocycles. The van der Waals surface area contributed by atoms with Gasteiger partial charge in [0.25, 0.3) is 0 Å². The summed E-state index contributed by atoms with van der Waals surface area (Å²) in [5.74, 6) is 0. The molecule has 78 valence electrons. The summed E-state index contributed by atoms with van der Waals surface area (Å²) < 4.78 is 0. The predicted molar refractivity (Wildman–Crippen MR) is 61.4 cm³/mol. The molecule has 1 aromatic heterocycles. The van der Waals surface area contributed by atoms with E-state index >= 15 is 0 Å². The summed E-state index contributed by atoms with van der Waals surface area (Å²) in [4.78, 5) is 4.08. The molecular formula is C13H21N. The molecule has 0 amide bonds. The highest BCUT2D eigenvalue weighted by Crippen LogP contribution is 2.33. The Morgan fingerprint density at radius 2 is 1.57 bits per heavy atom. The molecule has 0 aliphatic rings. The maximum atomic E-state index is 4.08. The van der Waals surface area contributed by atoms with Crippen molar-refractivity contribution in [2.24, 2.45) is 0 Å². The summed E-state index contributed by atoms with van der Waals surface area (Å²) in [6.45, 7) is 6.89. The van der Waals surface area contributed by atoms with E-state index in [0.29, 0.717) is 5.41 Å². The molecule has 1 rings (SSSR count). The van der Waals surface area contributed by atoms with Crippen LogP contribution in [-0.4, -0.2) is 4.98 Å². The molecule has 0 atom stereocenters. The fourth-order valence-corrected chi connectivity index (χ4v) is 2.27. The van der Waals surface area contributed by atoms with Gasteiger partial charge in [0.2, 0.25) is 0 Å². The number of hydrogen-bond donors (Lipinski definition) is 0. The van der Waals surface area contributed by atoms with Gasteiger partial charge in [-0.2, -0.15) is 0 Å². The quantitative estimate of drug-likeness (QED) is 0.687. The van der Waals surface area contributed by atoms with E-state index < -0.39 is 0 Å². The summed E-state index contributed by atoms with van der Waals surface area (Å²) in [7, 11) is 0. The summed E-state index contributed by atoms with van der Waals surface area (Å²) in [5.41, 5.74) is 1.79. The Kier molecular flexibility index (Phi) is 4.12. The maximum Gasteiger partial charge on any atom is 0.0270 e. The number of aromatic nitrogens is 1. The molecule has 14 heavy (non-hydrogen) atoms. The second-order valence-corrected chi connectivity index (χ2v) is 4.30. The van der Waals surface area contributed by atoms with E-state index in [-0.39, 0.29) is 0 Å². The van der Waals surface area contributed by atoms with E-state index in [1.165, 1.54) is 31.2 Å². The van der Waals surface area contributed by atoms with E-state index in [9.17, 15) is 0 Å². The summed E-state index contributed by atoms with van der Waals surface area (Å²) >= 11 is 0. The molecule has 0 bridgehead atoms. The molecule has 1 heteroatoms. The van der Waals surface area contributed by atoms with Crippen LogP contribution in [0.1, 0.15) is 52.0 Å². The first-order valence-electron chi connectivity index (χ1n) is 5.63. The van der Waals surface area contributed by atoms with Crippen LogP contribution in [-0.2, 0) is 5.41 Å². The van der Waals surface area contributed by atoms with Crippen molar-refractivity contribution in [1.82, 2.24) is 4.98 Å². The van der Waals surface area contributed by atoms with Crippen LogP contribution in [0.15, 0.2) is 24.5 Å². The first-order valence-corrected chi connectivity index (χ1v) is 5.63. The van der Waals surface area contributed by atoms with Gasteiger partial charge in [-0.25, -0.2) is 0 Å². The molecular weight excluding hydrogens is 170 g/mol. The minimum absolute atomic E-state index is 0.354. The van der Waals surface area contributed by atoms with Crippen molar-refractivity contribution in [3.05, 3.63) is 30.1 Å². The lowest BCUT2D eigenvalue weighted by Gasteiger charge is -2.29. The second-order valence-electron chi connectivity index (χ2n) is 4.30. The van der Waals surface area contributed by atoms with Crippen LogP contribution in [0, 0.1) is 0 Å². The third kappa shape index (κ3) is 2.57. The number of nitrogens with zero attached hydrogens (tertiary/aromatic N) is 1. The summed E-state index contributed by atoms with van der Waals surface area (Å²) in [6, 6.07) is 4.32. The fraction of sp³-hybridized carbons (Fsp3) is 0.615. The summed E-state index contributed by atoms with van der Waals surface area (Å²) in [5, 5.41) is 0. The molecule has 0 fully saturated rings. The Balaban J connectivity index is 2.87. The molecule has 0 radical (unpaired) electrons. The molecule has 0 aliphatic carbocycles. The van der Waals surface area contributed by atoms with Crippen LogP contribution in [0.25, 0.3) is 0 Å². The highest BCUT2D eigenvalue weighted by molar-refractivity contribution is 5.21. The third-order valence-corrected chi connectivity index (χ3v) is 2.98.